The highest BCUT2D eigenvalue weighted by molar-refractivity contribution is 9.10. The molecule has 1 aliphatic rings. The van der Waals surface area contributed by atoms with Crippen LogP contribution in [0.15, 0.2) is 16.6 Å². The number of aryl methyl sites for hydroxylation is 1. The summed E-state index contributed by atoms with van der Waals surface area (Å²) in [5.74, 6) is 1.23. The molecule has 3 unspecified atom stereocenters. The number of hydrogen-bond donors (Lipinski definition) is 1. The summed E-state index contributed by atoms with van der Waals surface area (Å²) in [5, 5.41) is 3.54. The van der Waals surface area contributed by atoms with E-state index < -0.39 is 0 Å². The third kappa shape index (κ3) is 3.05. The lowest BCUT2D eigenvalue weighted by molar-refractivity contribution is 0.280. The molecule has 0 saturated heterocycles. The van der Waals surface area contributed by atoms with Crippen molar-refractivity contribution in [2.75, 3.05) is 5.32 Å². The molecule has 3 atom stereocenters. The summed E-state index contributed by atoms with van der Waals surface area (Å²) < 4.78 is 14.1. The molecule has 2 rings (SSSR count). The van der Waals surface area contributed by atoms with E-state index in [1.807, 2.05) is 13.0 Å². The zero-order valence-corrected chi connectivity index (χ0v) is 12.8. The molecule has 0 spiro atoms. The van der Waals surface area contributed by atoms with Gasteiger partial charge in [0.25, 0.3) is 0 Å². The van der Waals surface area contributed by atoms with E-state index in [9.17, 15) is 4.39 Å². The molecule has 1 aromatic rings. The quantitative estimate of drug-likeness (QED) is 0.797. The van der Waals surface area contributed by atoms with E-state index in [0.717, 1.165) is 17.2 Å². The van der Waals surface area contributed by atoms with Crippen LogP contribution in [0.5, 0.6) is 0 Å². The Morgan fingerprint density at radius 1 is 1.28 bits per heavy atom. The van der Waals surface area contributed by atoms with E-state index in [1.54, 1.807) is 6.07 Å². The van der Waals surface area contributed by atoms with Gasteiger partial charge >= 0.3 is 0 Å². The van der Waals surface area contributed by atoms with Crippen LogP contribution in [0.4, 0.5) is 10.1 Å². The van der Waals surface area contributed by atoms with E-state index >= 15 is 0 Å². The molecule has 1 nitrogen and oxygen atoms in total. The molecular weight excluding hydrogens is 293 g/mol. The van der Waals surface area contributed by atoms with Crippen LogP contribution in [0.1, 0.15) is 38.7 Å². The van der Waals surface area contributed by atoms with E-state index in [-0.39, 0.29) is 5.82 Å². The highest BCUT2D eigenvalue weighted by Crippen LogP contribution is 2.32. The van der Waals surface area contributed by atoms with Crippen molar-refractivity contribution >= 4 is 21.6 Å². The molecule has 100 valence electrons. The van der Waals surface area contributed by atoms with E-state index in [1.165, 1.54) is 19.3 Å². The van der Waals surface area contributed by atoms with Crippen LogP contribution in [0, 0.1) is 24.6 Å². The minimum absolute atomic E-state index is 0.195. The number of anilines is 1. The van der Waals surface area contributed by atoms with Crippen molar-refractivity contribution in [3.63, 3.8) is 0 Å². The summed E-state index contributed by atoms with van der Waals surface area (Å²) >= 11 is 3.22. The second-order valence-corrected chi connectivity index (χ2v) is 6.58. The fourth-order valence-corrected chi connectivity index (χ4v) is 3.19. The highest BCUT2D eigenvalue weighted by Gasteiger charge is 2.25. The van der Waals surface area contributed by atoms with Gasteiger partial charge in [-0.3, -0.25) is 0 Å². The second-order valence-electron chi connectivity index (χ2n) is 5.73. The van der Waals surface area contributed by atoms with Gasteiger partial charge in [0.05, 0.1) is 4.47 Å². The van der Waals surface area contributed by atoms with Crippen molar-refractivity contribution in [2.24, 2.45) is 11.8 Å². The Kier molecular flexibility index (Phi) is 4.31. The van der Waals surface area contributed by atoms with Gasteiger partial charge in [0, 0.05) is 11.7 Å². The molecule has 1 fully saturated rings. The van der Waals surface area contributed by atoms with Crippen LogP contribution in [0.2, 0.25) is 0 Å². The predicted octanol–water partition coefficient (Wildman–Crippen LogP) is 5.13. The molecule has 1 aliphatic carbocycles. The maximum absolute atomic E-state index is 13.6. The number of benzene rings is 1. The van der Waals surface area contributed by atoms with Crippen LogP contribution < -0.4 is 5.32 Å². The Balaban J connectivity index is 2.15. The lowest BCUT2D eigenvalue weighted by Gasteiger charge is -2.34. The van der Waals surface area contributed by atoms with Gasteiger partial charge in [-0.25, -0.2) is 4.39 Å². The van der Waals surface area contributed by atoms with Crippen molar-refractivity contribution in [2.45, 2.75) is 46.1 Å². The van der Waals surface area contributed by atoms with Crippen LogP contribution >= 0.6 is 15.9 Å². The lowest BCUT2D eigenvalue weighted by atomic mass is 9.80. The molecule has 0 heterocycles. The number of hydrogen-bond acceptors (Lipinski definition) is 1. The molecule has 0 aliphatic heterocycles. The molecule has 1 saturated carbocycles. The van der Waals surface area contributed by atoms with Crippen molar-refractivity contribution in [1.82, 2.24) is 0 Å². The lowest BCUT2D eigenvalue weighted by Crippen LogP contribution is -2.33. The van der Waals surface area contributed by atoms with Crippen molar-refractivity contribution in [3.05, 3.63) is 28.0 Å². The van der Waals surface area contributed by atoms with Crippen LogP contribution in [0.25, 0.3) is 0 Å². The largest absolute Gasteiger partial charge is 0.382 e. The van der Waals surface area contributed by atoms with Gasteiger partial charge in [-0.05, 0) is 65.2 Å². The smallest absolute Gasteiger partial charge is 0.139 e. The van der Waals surface area contributed by atoms with Gasteiger partial charge in [0.15, 0.2) is 0 Å². The first kappa shape index (κ1) is 13.9. The van der Waals surface area contributed by atoms with Gasteiger partial charge in [0.2, 0.25) is 0 Å². The maximum atomic E-state index is 13.6. The zero-order chi connectivity index (χ0) is 13.3. The third-order valence-corrected chi connectivity index (χ3v) is 4.67. The molecule has 0 amide bonds. The van der Waals surface area contributed by atoms with Gasteiger partial charge in [-0.1, -0.05) is 20.3 Å². The van der Waals surface area contributed by atoms with Crippen LogP contribution in [0.3, 0.4) is 0 Å². The average Bonchev–Trinajstić information content (AvgIpc) is 2.30. The molecule has 1 N–H and O–H groups in total. The predicted molar refractivity (Wildman–Crippen MR) is 78.4 cm³/mol. The van der Waals surface area contributed by atoms with E-state index in [4.69, 9.17) is 0 Å². The Morgan fingerprint density at radius 3 is 2.72 bits per heavy atom. The van der Waals surface area contributed by atoms with Crippen LogP contribution in [-0.2, 0) is 0 Å². The fourth-order valence-electron chi connectivity index (χ4n) is 2.73. The summed E-state index contributed by atoms with van der Waals surface area (Å²) in [6.45, 7) is 6.60. The fraction of sp³-hybridized carbons (Fsp3) is 0.600. The molecule has 0 aromatic heterocycles. The van der Waals surface area contributed by atoms with Gasteiger partial charge in [0.1, 0.15) is 5.82 Å². The average molecular weight is 314 g/mol. The summed E-state index contributed by atoms with van der Waals surface area (Å²) in [6.07, 6.45) is 3.75. The van der Waals surface area contributed by atoms with Gasteiger partial charge in [-0.15, -0.1) is 0 Å². The molecule has 3 heteroatoms. The molecule has 1 aromatic carbocycles. The molecule has 0 bridgehead atoms. The number of halogens is 2. The topological polar surface area (TPSA) is 12.0 Å². The third-order valence-electron chi connectivity index (χ3n) is 4.07. The molecular formula is C15H21BrFN. The van der Waals surface area contributed by atoms with Gasteiger partial charge in [-0.2, -0.15) is 0 Å². The number of nitrogens with one attached hydrogen (secondary N) is 1. The zero-order valence-electron chi connectivity index (χ0n) is 11.3. The first-order chi connectivity index (χ1) is 8.47. The Hall–Kier alpha value is -0.570. The van der Waals surface area contributed by atoms with Crippen molar-refractivity contribution in [1.29, 1.82) is 0 Å². The summed E-state index contributed by atoms with van der Waals surface area (Å²) in [7, 11) is 0. The standard InChI is InChI=1S/C15H21BrFN/c1-9-4-5-10(2)14(6-9)18-15-8-13(17)12(16)7-11(15)3/h7-10,14,18H,4-6H2,1-3H3. The highest BCUT2D eigenvalue weighted by atomic mass is 79.9. The van der Waals surface area contributed by atoms with Crippen molar-refractivity contribution in [3.8, 4) is 0 Å². The SMILES string of the molecule is Cc1cc(Br)c(F)cc1NC1CC(C)CCC1C. The maximum Gasteiger partial charge on any atom is 0.139 e. The summed E-state index contributed by atoms with van der Waals surface area (Å²) in [4.78, 5) is 0. The summed E-state index contributed by atoms with van der Waals surface area (Å²) in [6, 6.07) is 3.91. The molecule has 0 radical (unpaired) electrons. The second kappa shape index (κ2) is 5.60. The Morgan fingerprint density at radius 2 is 2.00 bits per heavy atom. The summed E-state index contributed by atoms with van der Waals surface area (Å²) in [5.41, 5.74) is 2.02. The van der Waals surface area contributed by atoms with E-state index in [2.05, 4.69) is 35.1 Å². The Labute approximate surface area is 117 Å². The number of rotatable bonds is 2. The first-order valence-electron chi connectivity index (χ1n) is 6.69. The minimum Gasteiger partial charge on any atom is -0.382 e. The Bertz CT molecular complexity index is 433. The normalized spacial score (nSPS) is 28.2. The first-order valence-corrected chi connectivity index (χ1v) is 7.49. The minimum atomic E-state index is -0.195. The monoisotopic (exact) mass is 313 g/mol. The van der Waals surface area contributed by atoms with Crippen LogP contribution in [-0.4, -0.2) is 6.04 Å². The van der Waals surface area contributed by atoms with Crippen molar-refractivity contribution < 1.29 is 4.39 Å². The molecule has 18 heavy (non-hydrogen) atoms. The van der Waals surface area contributed by atoms with Gasteiger partial charge < -0.3 is 5.32 Å². The van der Waals surface area contributed by atoms with E-state index in [0.29, 0.717) is 16.4 Å².